The number of carbonyl (C=O) groups is 2. The fourth-order valence-corrected chi connectivity index (χ4v) is 2.22. The Morgan fingerprint density at radius 2 is 2.11 bits per heavy atom. The number of hydrogen-bond donors (Lipinski definition) is 2. The molecule has 0 aliphatic heterocycles. The van der Waals surface area contributed by atoms with E-state index < -0.39 is 17.8 Å². The van der Waals surface area contributed by atoms with E-state index in [2.05, 4.69) is 10.3 Å². The molecule has 1 heterocycles. The third-order valence-electron chi connectivity index (χ3n) is 3.47. The first kappa shape index (κ1) is 11.7. The van der Waals surface area contributed by atoms with Crippen LogP contribution in [0.4, 0.5) is 5.95 Å². The molecule has 6 heteroatoms. The third-order valence-corrected chi connectivity index (χ3v) is 3.47. The summed E-state index contributed by atoms with van der Waals surface area (Å²) in [6.07, 6.45) is 0.408. The number of anilines is 1. The summed E-state index contributed by atoms with van der Waals surface area (Å²) < 4.78 is 1.78. The molecule has 0 spiro atoms. The number of rotatable bonds is 3. The van der Waals surface area contributed by atoms with Gasteiger partial charge in [-0.3, -0.25) is 14.9 Å². The molecule has 1 fully saturated rings. The lowest BCUT2D eigenvalue weighted by Crippen LogP contribution is -2.19. The number of aryl methyl sites for hydroxylation is 1. The van der Waals surface area contributed by atoms with Gasteiger partial charge in [-0.1, -0.05) is 12.1 Å². The van der Waals surface area contributed by atoms with E-state index in [0.717, 1.165) is 11.0 Å². The van der Waals surface area contributed by atoms with Gasteiger partial charge in [-0.2, -0.15) is 0 Å². The fourth-order valence-electron chi connectivity index (χ4n) is 2.22. The maximum absolute atomic E-state index is 11.9. The van der Waals surface area contributed by atoms with Crippen molar-refractivity contribution in [1.29, 1.82) is 0 Å². The number of amides is 1. The maximum atomic E-state index is 11.9. The third kappa shape index (κ3) is 1.95. The number of aliphatic carboxylic acids is 1. The topological polar surface area (TPSA) is 84.2 Å². The predicted octanol–water partition coefficient (Wildman–Crippen LogP) is 1.23. The van der Waals surface area contributed by atoms with Crippen LogP contribution in [0.25, 0.3) is 11.0 Å². The number of carboxylic acids is 1. The van der Waals surface area contributed by atoms with Gasteiger partial charge in [-0.25, -0.2) is 4.98 Å². The number of imidazole rings is 1. The van der Waals surface area contributed by atoms with Gasteiger partial charge >= 0.3 is 5.97 Å². The Balaban J connectivity index is 1.81. The van der Waals surface area contributed by atoms with Crippen LogP contribution < -0.4 is 5.32 Å². The van der Waals surface area contributed by atoms with Crippen LogP contribution >= 0.6 is 0 Å². The molecule has 2 N–H and O–H groups in total. The first-order chi connectivity index (χ1) is 9.08. The number of nitrogens with one attached hydrogen (secondary N) is 1. The Hall–Kier alpha value is -2.37. The Morgan fingerprint density at radius 1 is 1.37 bits per heavy atom. The van der Waals surface area contributed by atoms with E-state index in [-0.39, 0.29) is 5.91 Å². The number of carboxylic acid groups (broad SMARTS) is 1. The highest BCUT2D eigenvalue weighted by Gasteiger charge is 2.48. The Kier molecular flexibility index (Phi) is 2.51. The van der Waals surface area contributed by atoms with Crippen LogP contribution in [0, 0.1) is 11.8 Å². The summed E-state index contributed by atoms with van der Waals surface area (Å²) in [5.74, 6) is -1.72. The van der Waals surface area contributed by atoms with Crippen molar-refractivity contribution in [3.8, 4) is 0 Å². The molecule has 0 unspecified atom stereocenters. The van der Waals surface area contributed by atoms with Crippen molar-refractivity contribution < 1.29 is 14.7 Å². The predicted molar refractivity (Wildman–Crippen MR) is 68.6 cm³/mol. The average Bonchev–Trinajstić information content (AvgIpc) is 3.13. The van der Waals surface area contributed by atoms with Gasteiger partial charge in [0.15, 0.2) is 0 Å². The number of para-hydroxylation sites is 2. The van der Waals surface area contributed by atoms with Crippen LogP contribution in [0.15, 0.2) is 24.3 Å². The molecule has 1 amide bonds. The molecule has 1 saturated carbocycles. The second-order valence-electron chi connectivity index (χ2n) is 4.76. The Labute approximate surface area is 109 Å². The molecule has 2 atom stereocenters. The van der Waals surface area contributed by atoms with Gasteiger partial charge in [0.05, 0.1) is 22.9 Å². The molecule has 3 rings (SSSR count). The second kappa shape index (κ2) is 4.08. The molecule has 1 aromatic carbocycles. The highest BCUT2D eigenvalue weighted by atomic mass is 16.4. The summed E-state index contributed by atoms with van der Waals surface area (Å²) in [7, 11) is 1.81. The first-order valence-corrected chi connectivity index (χ1v) is 6.03. The molecule has 98 valence electrons. The van der Waals surface area contributed by atoms with Gasteiger partial charge < -0.3 is 9.67 Å². The van der Waals surface area contributed by atoms with Crippen molar-refractivity contribution in [3.63, 3.8) is 0 Å². The zero-order chi connectivity index (χ0) is 13.6. The van der Waals surface area contributed by atoms with Crippen LogP contribution in [-0.2, 0) is 16.6 Å². The van der Waals surface area contributed by atoms with Gasteiger partial charge in [0.25, 0.3) is 0 Å². The molecule has 0 bridgehead atoms. The largest absolute Gasteiger partial charge is 0.481 e. The normalized spacial score (nSPS) is 21.3. The molecule has 6 nitrogen and oxygen atoms in total. The lowest BCUT2D eigenvalue weighted by Gasteiger charge is -2.04. The molecule has 2 aromatic rings. The SMILES string of the molecule is Cn1c(NC(=O)[C@@H]2C[C@H]2C(=O)O)nc2ccccc21. The number of fused-ring (bicyclic) bond motifs is 1. The number of nitrogens with zero attached hydrogens (tertiary/aromatic N) is 2. The van der Waals surface area contributed by atoms with E-state index in [9.17, 15) is 9.59 Å². The molecule has 1 aromatic heterocycles. The van der Waals surface area contributed by atoms with E-state index in [4.69, 9.17) is 5.11 Å². The summed E-state index contributed by atoms with van der Waals surface area (Å²) in [4.78, 5) is 26.9. The van der Waals surface area contributed by atoms with Crippen LogP contribution in [0.2, 0.25) is 0 Å². The van der Waals surface area contributed by atoms with Crippen molar-refractivity contribution in [2.45, 2.75) is 6.42 Å². The van der Waals surface area contributed by atoms with Gasteiger partial charge in [0.2, 0.25) is 11.9 Å². The standard InChI is InChI=1S/C13H13N3O3/c1-16-10-5-3-2-4-9(10)14-13(16)15-11(17)7-6-8(7)12(18)19/h2-5,7-8H,6H2,1H3,(H,18,19)(H,14,15,17)/t7-,8-/m1/s1. The van der Waals surface area contributed by atoms with E-state index in [1.54, 1.807) is 4.57 Å². The van der Waals surface area contributed by atoms with Crippen molar-refractivity contribution >= 4 is 28.9 Å². The summed E-state index contributed by atoms with van der Waals surface area (Å²) in [6, 6.07) is 7.55. The van der Waals surface area contributed by atoms with Gasteiger partial charge in [0.1, 0.15) is 0 Å². The van der Waals surface area contributed by atoms with Gasteiger partial charge in [-0.15, -0.1) is 0 Å². The summed E-state index contributed by atoms with van der Waals surface area (Å²) in [5.41, 5.74) is 1.72. The lowest BCUT2D eigenvalue weighted by molar-refractivity contribution is -0.139. The van der Waals surface area contributed by atoms with Crippen LogP contribution in [-0.4, -0.2) is 26.5 Å². The van der Waals surface area contributed by atoms with Crippen molar-refractivity contribution in [2.24, 2.45) is 18.9 Å². The molecule has 0 radical (unpaired) electrons. The van der Waals surface area contributed by atoms with Gasteiger partial charge in [0, 0.05) is 7.05 Å². The number of benzene rings is 1. The summed E-state index contributed by atoms with van der Waals surface area (Å²) in [6.45, 7) is 0. The maximum Gasteiger partial charge on any atom is 0.307 e. The lowest BCUT2D eigenvalue weighted by atomic mass is 10.3. The van der Waals surface area contributed by atoms with Crippen LogP contribution in [0.3, 0.4) is 0 Å². The monoisotopic (exact) mass is 259 g/mol. The van der Waals surface area contributed by atoms with E-state index >= 15 is 0 Å². The van der Waals surface area contributed by atoms with Crippen molar-refractivity contribution in [1.82, 2.24) is 9.55 Å². The minimum absolute atomic E-state index is 0.272. The number of carbonyl (C=O) groups excluding carboxylic acids is 1. The van der Waals surface area contributed by atoms with Crippen LogP contribution in [0.1, 0.15) is 6.42 Å². The Morgan fingerprint density at radius 3 is 2.74 bits per heavy atom. The summed E-state index contributed by atoms with van der Waals surface area (Å²) >= 11 is 0. The molecule has 1 aliphatic carbocycles. The molecule has 19 heavy (non-hydrogen) atoms. The zero-order valence-electron chi connectivity index (χ0n) is 10.3. The highest BCUT2D eigenvalue weighted by molar-refractivity contribution is 5.98. The smallest absolute Gasteiger partial charge is 0.307 e. The van der Waals surface area contributed by atoms with Crippen molar-refractivity contribution in [2.75, 3.05) is 5.32 Å². The van der Waals surface area contributed by atoms with Crippen LogP contribution in [0.5, 0.6) is 0 Å². The highest BCUT2D eigenvalue weighted by Crippen LogP contribution is 2.39. The van der Waals surface area contributed by atoms with E-state index in [1.165, 1.54) is 0 Å². The van der Waals surface area contributed by atoms with Crippen molar-refractivity contribution in [3.05, 3.63) is 24.3 Å². The number of hydrogen-bond acceptors (Lipinski definition) is 3. The second-order valence-corrected chi connectivity index (χ2v) is 4.76. The van der Waals surface area contributed by atoms with Gasteiger partial charge in [-0.05, 0) is 18.6 Å². The molecule has 0 saturated heterocycles. The minimum atomic E-state index is -0.912. The molecule has 1 aliphatic rings. The zero-order valence-corrected chi connectivity index (χ0v) is 10.3. The fraction of sp³-hybridized carbons (Fsp3) is 0.308. The van der Waals surface area contributed by atoms with E-state index in [0.29, 0.717) is 12.4 Å². The molecular formula is C13H13N3O3. The first-order valence-electron chi connectivity index (χ1n) is 6.03. The number of aromatic nitrogens is 2. The quantitative estimate of drug-likeness (QED) is 0.868. The average molecular weight is 259 g/mol. The molecular weight excluding hydrogens is 246 g/mol. The van der Waals surface area contributed by atoms with E-state index in [1.807, 2.05) is 31.3 Å². The Bertz CT molecular complexity index is 677. The minimum Gasteiger partial charge on any atom is -0.481 e. The summed E-state index contributed by atoms with van der Waals surface area (Å²) in [5, 5.41) is 11.5.